The van der Waals surface area contributed by atoms with Crippen molar-refractivity contribution in [2.24, 2.45) is 0 Å². The van der Waals surface area contributed by atoms with E-state index in [-0.39, 0.29) is 16.6 Å². The molecule has 3 atom stereocenters. The summed E-state index contributed by atoms with van der Waals surface area (Å²) >= 11 is 1.68. The minimum Gasteiger partial charge on any atom is -0.377 e. The van der Waals surface area contributed by atoms with Gasteiger partial charge in [-0.1, -0.05) is 6.07 Å². The van der Waals surface area contributed by atoms with E-state index in [1.165, 1.54) is 4.88 Å². The van der Waals surface area contributed by atoms with Crippen LogP contribution in [0.3, 0.4) is 0 Å². The zero-order chi connectivity index (χ0) is 13.9. The Kier molecular flexibility index (Phi) is 5.00. The van der Waals surface area contributed by atoms with Crippen LogP contribution in [0.1, 0.15) is 25.1 Å². The first-order valence-corrected chi connectivity index (χ1v) is 9.08. The van der Waals surface area contributed by atoms with E-state index < -0.39 is 9.84 Å². The summed E-state index contributed by atoms with van der Waals surface area (Å²) in [5.74, 6) is 0. The molecule has 0 radical (unpaired) electrons. The van der Waals surface area contributed by atoms with Crippen molar-refractivity contribution in [3.05, 3.63) is 22.4 Å². The van der Waals surface area contributed by atoms with E-state index in [1.54, 1.807) is 18.3 Å². The van der Waals surface area contributed by atoms with E-state index in [1.807, 2.05) is 24.4 Å². The SMILES string of the molecule is CC1OCCC1S(=O)(=O)C(C)CNCc1cccs1. The molecule has 2 rings (SSSR count). The number of nitrogens with one attached hydrogen (secondary N) is 1. The van der Waals surface area contributed by atoms with E-state index in [0.717, 1.165) is 6.54 Å². The van der Waals surface area contributed by atoms with Crippen LogP contribution < -0.4 is 5.32 Å². The van der Waals surface area contributed by atoms with E-state index >= 15 is 0 Å². The molecule has 1 aliphatic rings. The molecule has 1 fully saturated rings. The van der Waals surface area contributed by atoms with Crippen molar-refractivity contribution >= 4 is 21.2 Å². The summed E-state index contributed by atoms with van der Waals surface area (Å²) in [5, 5.41) is 4.53. The highest BCUT2D eigenvalue weighted by molar-refractivity contribution is 7.92. The molecule has 1 aromatic rings. The van der Waals surface area contributed by atoms with Crippen molar-refractivity contribution in [3.8, 4) is 0 Å². The first-order valence-electron chi connectivity index (χ1n) is 6.59. The van der Waals surface area contributed by atoms with Gasteiger partial charge in [0.15, 0.2) is 9.84 Å². The van der Waals surface area contributed by atoms with Gasteiger partial charge in [-0.05, 0) is 31.7 Å². The second-order valence-corrected chi connectivity index (χ2v) is 8.63. The first-order chi connectivity index (χ1) is 9.01. The highest BCUT2D eigenvalue weighted by Crippen LogP contribution is 2.24. The van der Waals surface area contributed by atoms with Crippen LogP contribution >= 0.6 is 11.3 Å². The third-order valence-electron chi connectivity index (χ3n) is 3.60. The van der Waals surface area contributed by atoms with Crippen LogP contribution in [0.25, 0.3) is 0 Å². The van der Waals surface area contributed by atoms with Crippen LogP contribution in [0.2, 0.25) is 0 Å². The first kappa shape index (κ1) is 15.0. The Balaban J connectivity index is 1.86. The van der Waals surface area contributed by atoms with E-state index in [0.29, 0.717) is 19.6 Å². The summed E-state index contributed by atoms with van der Waals surface area (Å²) < 4.78 is 30.2. The summed E-state index contributed by atoms with van der Waals surface area (Å²) in [5.41, 5.74) is 0. The molecule has 108 valence electrons. The predicted octanol–water partition coefficient (Wildman–Crippen LogP) is 1.82. The maximum absolute atomic E-state index is 12.4. The van der Waals surface area contributed by atoms with Crippen molar-refractivity contribution in [1.82, 2.24) is 5.32 Å². The average Bonchev–Trinajstić information content (AvgIpc) is 3.00. The quantitative estimate of drug-likeness (QED) is 0.871. The molecule has 0 saturated carbocycles. The van der Waals surface area contributed by atoms with Gasteiger partial charge in [0.1, 0.15) is 0 Å². The van der Waals surface area contributed by atoms with Gasteiger partial charge in [-0.2, -0.15) is 0 Å². The van der Waals surface area contributed by atoms with Gasteiger partial charge in [0.2, 0.25) is 0 Å². The molecule has 1 saturated heterocycles. The Hall–Kier alpha value is -0.430. The van der Waals surface area contributed by atoms with Crippen molar-refractivity contribution in [1.29, 1.82) is 0 Å². The Bertz CT molecular complexity index is 484. The molecule has 0 bridgehead atoms. The molecule has 0 spiro atoms. The van der Waals surface area contributed by atoms with Gasteiger partial charge in [0, 0.05) is 24.6 Å². The standard InChI is InChI=1S/C13H21NO3S2/c1-10(8-14-9-12-4-3-7-18-12)19(15,16)13-5-6-17-11(13)2/h3-4,7,10-11,13-14H,5-6,8-9H2,1-2H3. The molecular weight excluding hydrogens is 282 g/mol. The number of hydrogen-bond donors (Lipinski definition) is 1. The average molecular weight is 303 g/mol. The molecule has 2 heterocycles. The Morgan fingerprint density at radius 3 is 2.95 bits per heavy atom. The van der Waals surface area contributed by atoms with Gasteiger partial charge < -0.3 is 10.1 Å². The number of thiophene rings is 1. The Morgan fingerprint density at radius 2 is 2.37 bits per heavy atom. The minimum atomic E-state index is -3.11. The minimum absolute atomic E-state index is 0.176. The maximum Gasteiger partial charge on any atom is 0.159 e. The Labute approximate surface area is 119 Å². The van der Waals surface area contributed by atoms with E-state index in [2.05, 4.69) is 5.32 Å². The summed E-state index contributed by atoms with van der Waals surface area (Å²) in [6.07, 6.45) is 0.448. The smallest absolute Gasteiger partial charge is 0.159 e. The van der Waals surface area contributed by atoms with Gasteiger partial charge in [-0.15, -0.1) is 11.3 Å². The number of sulfone groups is 1. The largest absolute Gasteiger partial charge is 0.377 e. The van der Waals surface area contributed by atoms with Crippen LogP contribution in [0.5, 0.6) is 0 Å². The van der Waals surface area contributed by atoms with Gasteiger partial charge in [0.25, 0.3) is 0 Å². The van der Waals surface area contributed by atoms with Crippen LogP contribution in [0, 0.1) is 0 Å². The summed E-state index contributed by atoms with van der Waals surface area (Å²) in [6.45, 7) is 5.40. The number of rotatable bonds is 6. The van der Waals surface area contributed by atoms with Gasteiger partial charge in [-0.3, -0.25) is 0 Å². The maximum atomic E-state index is 12.4. The van der Waals surface area contributed by atoms with Crippen molar-refractivity contribution in [2.75, 3.05) is 13.2 Å². The molecule has 0 aromatic carbocycles. The highest BCUT2D eigenvalue weighted by atomic mass is 32.2. The fourth-order valence-corrected chi connectivity index (χ4v) is 5.03. The summed E-state index contributed by atoms with van der Waals surface area (Å²) in [4.78, 5) is 1.22. The van der Waals surface area contributed by atoms with Gasteiger partial charge in [-0.25, -0.2) is 8.42 Å². The second-order valence-electron chi connectivity index (χ2n) is 5.01. The van der Waals surface area contributed by atoms with Crippen molar-refractivity contribution in [3.63, 3.8) is 0 Å². The number of ether oxygens (including phenoxy) is 1. The second kappa shape index (κ2) is 6.35. The predicted molar refractivity (Wildman–Crippen MR) is 78.2 cm³/mol. The zero-order valence-electron chi connectivity index (χ0n) is 11.3. The molecular formula is C13H21NO3S2. The summed E-state index contributed by atoms with van der Waals surface area (Å²) in [7, 11) is -3.11. The van der Waals surface area contributed by atoms with Crippen LogP contribution in [-0.4, -0.2) is 38.2 Å². The van der Waals surface area contributed by atoms with E-state index in [4.69, 9.17) is 4.74 Å². The zero-order valence-corrected chi connectivity index (χ0v) is 13.0. The lowest BCUT2D eigenvalue weighted by atomic mass is 10.3. The topological polar surface area (TPSA) is 55.4 Å². The fraction of sp³-hybridized carbons (Fsp3) is 0.692. The van der Waals surface area contributed by atoms with Gasteiger partial charge >= 0.3 is 0 Å². The third-order valence-corrected chi connectivity index (χ3v) is 7.23. The van der Waals surface area contributed by atoms with Crippen LogP contribution in [-0.2, 0) is 21.1 Å². The lowest BCUT2D eigenvalue weighted by Gasteiger charge is -2.20. The molecule has 0 amide bonds. The molecule has 1 aromatic heterocycles. The number of hydrogen-bond acceptors (Lipinski definition) is 5. The lowest BCUT2D eigenvalue weighted by Crippen LogP contribution is -2.39. The molecule has 19 heavy (non-hydrogen) atoms. The third kappa shape index (κ3) is 3.56. The summed E-state index contributed by atoms with van der Waals surface area (Å²) in [6, 6.07) is 4.04. The molecule has 1 N–H and O–H groups in total. The lowest BCUT2D eigenvalue weighted by molar-refractivity contribution is 0.126. The van der Waals surface area contributed by atoms with Crippen molar-refractivity contribution < 1.29 is 13.2 Å². The van der Waals surface area contributed by atoms with Crippen LogP contribution in [0.15, 0.2) is 17.5 Å². The van der Waals surface area contributed by atoms with E-state index in [9.17, 15) is 8.42 Å². The highest BCUT2D eigenvalue weighted by Gasteiger charge is 2.38. The van der Waals surface area contributed by atoms with Gasteiger partial charge in [0.05, 0.1) is 16.6 Å². The fourth-order valence-electron chi connectivity index (χ4n) is 2.37. The molecule has 0 aliphatic carbocycles. The van der Waals surface area contributed by atoms with Crippen molar-refractivity contribution in [2.45, 2.75) is 43.4 Å². The van der Waals surface area contributed by atoms with Crippen LogP contribution in [0.4, 0.5) is 0 Å². The normalized spacial score (nSPS) is 25.6. The monoisotopic (exact) mass is 303 g/mol. The molecule has 1 aliphatic heterocycles. The Morgan fingerprint density at radius 1 is 1.58 bits per heavy atom. The molecule has 3 unspecified atom stereocenters. The molecule has 4 nitrogen and oxygen atoms in total. The molecule has 6 heteroatoms.